The summed E-state index contributed by atoms with van der Waals surface area (Å²) in [6.45, 7) is 1.90. The zero-order valence-corrected chi connectivity index (χ0v) is 23.1. The lowest BCUT2D eigenvalue weighted by atomic mass is 10.1. The van der Waals surface area contributed by atoms with Gasteiger partial charge in [-0.1, -0.05) is 50.9 Å². The van der Waals surface area contributed by atoms with Crippen LogP contribution >= 0.6 is 31.9 Å². The molecule has 0 unspecified atom stereocenters. The molecule has 0 saturated carbocycles. The van der Waals surface area contributed by atoms with Gasteiger partial charge in [0.05, 0.1) is 27.6 Å². The number of hydrogen-bond donors (Lipinski definition) is 1. The number of aromatic nitrogens is 2. The average Bonchev–Trinajstić information content (AvgIpc) is 2.88. The van der Waals surface area contributed by atoms with Gasteiger partial charge in [0, 0.05) is 27.0 Å². The Labute approximate surface area is 233 Å². The van der Waals surface area contributed by atoms with Gasteiger partial charge >= 0.3 is 11.7 Å². The summed E-state index contributed by atoms with van der Waals surface area (Å²) in [4.78, 5) is 40.3. The number of rotatable bonds is 9. The fraction of sp³-hybridized carbons (Fsp3) is 0.154. The van der Waals surface area contributed by atoms with Crippen molar-refractivity contribution in [2.45, 2.75) is 26.4 Å². The first-order chi connectivity index (χ1) is 18.2. The van der Waals surface area contributed by atoms with Crippen molar-refractivity contribution in [3.63, 3.8) is 0 Å². The van der Waals surface area contributed by atoms with E-state index in [1.54, 1.807) is 36.4 Å². The highest BCUT2D eigenvalue weighted by Crippen LogP contribution is 2.34. The number of aromatic carboxylic acids is 1. The molecule has 0 aliphatic rings. The Hall–Kier alpha value is -3.90. The van der Waals surface area contributed by atoms with Gasteiger partial charge in [-0.05, 0) is 48.4 Å². The number of nitro benzene ring substituents is 1. The van der Waals surface area contributed by atoms with Gasteiger partial charge in [-0.25, -0.2) is 9.78 Å². The molecular formula is C26H20Br2N4O6. The maximum absolute atomic E-state index is 13.3. The lowest BCUT2D eigenvalue weighted by molar-refractivity contribution is -0.386. The van der Waals surface area contributed by atoms with E-state index in [-0.39, 0.29) is 34.7 Å². The molecule has 12 heteroatoms. The number of fused-ring (bicyclic) bond motifs is 1. The van der Waals surface area contributed by atoms with Crippen LogP contribution in [0, 0.1) is 10.1 Å². The van der Waals surface area contributed by atoms with Crippen LogP contribution in [0.1, 0.15) is 40.7 Å². The van der Waals surface area contributed by atoms with E-state index in [1.165, 1.54) is 29.1 Å². The van der Waals surface area contributed by atoms with E-state index in [0.717, 1.165) is 10.9 Å². The molecule has 38 heavy (non-hydrogen) atoms. The molecule has 4 aromatic rings. The van der Waals surface area contributed by atoms with Crippen molar-refractivity contribution in [3.8, 4) is 5.75 Å². The van der Waals surface area contributed by atoms with Gasteiger partial charge in [0.25, 0.3) is 5.56 Å². The third kappa shape index (κ3) is 5.97. The number of carboxylic acid groups (broad SMARTS) is 1. The molecule has 0 aliphatic carbocycles. The quantitative estimate of drug-likeness (QED) is 0.135. The first kappa shape index (κ1) is 27.1. The van der Waals surface area contributed by atoms with Gasteiger partial charge < -0.3 is 9.84 Å². The van der Waals surface area contributed by atoms with Crippen molar-refractivity contribution >= 4 is 60.6 Å². The standard InChI is InChI=1S/C26H20Br2N4O6/c1-2-3-23-30-21-9-8-18(27)11-20(21)25(33)31(23)29-13-17-10-19(28)12-22(32(36)37)24(17)38-14-15-4-6-16(7-5-15)26(34)35/h4-13H,2-3,14H2,1H3,(H,34,35). The fourth-order valence-corrected chi connectivity index (χ4v) is 4.53. The minimum Gasteiger partial charge on any atom is -0.481 e. The van der Waals surface area contributed by atoms with Gasteiger partial charge in [-0.3, -0.25) is 14.9 Å². The first-order valence-electron chi connectivity index (χ1n) is 11.4. The van der Waals surface area contributed by atoms with Gasteiger partial charge in [0.1, 0.15) is 12.4 Å². The Balaban J connectivity index is 1.77. The predicted molar refractivity (Wildman–Crippen MR) is 149 cm³/mol. The molecule has 1 heterocycles. The monoisotopic (exact) mass is 642 g/mol. The van der Waals surface area contributed by atoms with Crippen molar-refractivity contribution in [2.24, 2.45) is 5.10 Å². The highest BCUT2D eigenvalue weighted by atomic mass is 79.9. The van der Waals surface area contributed by atoms with E-state index >= 15 is 0 Å². The molecule has 0 aliphatic heterocycles. The molecule has 0 amide bonds. The number of benzene rings is 3. The fourth-order valence-electron chi connectivity index (χ4n) is 3.71. The number of halogens is 2. The van der Waals surface area contributed by atoms with Crippen LogP contribution in [0.2, 0.25) is 0 Å². The molecule has 0 radical (unpaired) electrons. The Morgan fingerprint density at radius 3 is 2.55 bits per heavy atom. The first-order valence-corrected chi connectivity index (χ1v) is 12.9. The Kier molecular flexibility index (Phi) is 8.32. The smallest absolute Gasteiger partial charge is 0.335 e. The number of hydrogen-bond acceptors (Lipinski definition) is 7. The van der Waals surface area contributed by atoms with Crippen LogP contribution in [0.15, 0.2) is 73.4 Å². The SMILES string of the molecule is CCCc1nc2ccc(Br)cc2c(=O)n1N=Cc1cc(Br)cc([N+](=O)[O-])c1OCc1ccc(C(=O)O)cc1. The van der Waals surface area contributed by atoms with E-state index < -0.39 is 10.9 Å². The molecule has 0 fully saturated rings. The van der Waals surface area contributed by atoms with Crippen molar-refractivity contribution in [3.05, 3.63) is 107 Å². The summed E-state index contributed by atoms with van der Waals surface area (Å²) in [5, 5.41) is 25.7. The highest BCUT2D eigenvalue weighted by molar-refractivity contribution is 9.10. The van der Waals surface area contributed by atoms with Crippen LogP contribution in [-0.4, -0.2) is 31.9 Å². The van der Waals surface area contributed by atoms with E-state index in [9.17, 15) is 19.7 Å². The second kappa shape index (κ2) is 11.7. The largest absolute Gasteiger partial charge is 0.481 e. The molecule has 10 nitrogen and oxygen atoms in total. The molecule has 1 N–H and O–H groups in total. The molecular weight excluding hydrogens is 624 g/mol. The lowest BCUT2D eigenvalue weighted by Crippen LogP contribution is -2.22. The van der Waals surface area contributed by atoms with Crippen molar-refractivity contribution in [1.29, 1.82) is 0 Å². The topological polar surface area (TPSA) is 137 Å². The maximum Gasteiger partial charge on any atom is 0.335 e. The van der Waals surface area contributed by atoms with Crippen LogP contribution in [-0.2, 0) is 13.0 Å². The van der Waals surface area contributed by atoms with Crippen molar-refractivity contribution < 1.29 is 19.6 Å². The second-order valence-corrected chi connectivity index (χ2v) is 10.0. The van der Waals surface area contributed by atoms with Crippen molar-refractivity contribution in [1.82, 2.24) is 9.66 Å². The zero-order chi connectivity index (χ0) is 27.4. The Morgan fingerprint density at radius 1 is 1.16 bits per heavy atom. The minimum absolute atomic E-state index is 0.0501. The van der Waals surface area contributed by atoms with Gasteiger partial charge in [-0.2, -0.15) is 9.78 Å². The molecule has 0 saturated heterocycles. The molecule has 0 atom stereocenters. The number of ether oxygens (including phenoxy) is 1. The Morgan fingerprint density at radius 2 is 1.89 bits per heavy atom. The summed E-state index contributed by atoms with van der Waals surface area (Å²) < 4.78 is 8.18. The van der Waals surface area contributed by atoms with Crippen LogP contribution in [0.25, 0.3) is 10.9 Å². The van der Waals surface area contributed by atoms with E-state index in [0.29, 0.717) is 33.2 Å². The second-order valence-electron chi connectivity index (χ2n) is 8.19. The normalized spacial score (nSPS) is 11.2. The predicted octanol–water partition coefficient (Wildman–Crippen LogP) is 5.94. The lowest BCUT2D eigenvalue weighted by Gasteiger charge is -2.12. The molecule has 3 aromatic carbocycles. The van der Waals surface area contributed by atoms with E-state index in [1.807, 2.05) is 6.92 Å². The van der Waals surface area contributed by atoms with E-state index in [4.69, 9.17) is 9.84 Å². The molecule has 0 bridgehead atoms. The molecule has 4 rings (SSSR count). The van der Waals surface area contributed by atoms with Crippen LogP contribution in [0.4, 0.5) is 5.69 Å². The number of nitro groups is 1. The van der Waals surface area contributed by atoms with Crippen LogP contribution in [0.3, 0.4) is 0 Å². The average molecular weight is 644 g/mol. The number of carboxylic acids is 1. The van der Waals surface area contributed by atoms with Gasteiger partial charge in [0.15, 0.2) is 0 Å². The molecule has 194 valence electrons. The van der Waals surface area contributed by atoms with Crippen LogP contribution < -0.4 is 10.3 Å². The number of carbonyl (C=O) groups is 1. The zero-order valence-electron chi connectivity index (χ0n) is 19.9. The van der Waals surface area contributed by atoms with E-state index in [2.05, 4.69) is 41.9 Å². The minimum atomic E-state index is -1.06. The summed E-state index contributed by atoms with van der Waals surface area (Å²) in [5.74, 6) is -0.660. The molecule has 1 aromatic heterocycles. The number of aryl methyl sites for hydroxylation is 1. The maximum atomic E-state index is 13.3. The summed E-state index contributed by atoms with van der Waals surface area (Å²) >= 11 is 6.66. The summed E-state index contributed by atoms with van der Waals surface area (Å²) in [6.07, 6.45) is 2.54. The Bertz CT molecular complexity index is 1630. The number of nitrogens with zero attached hydrogens (tertiary/aromatic N) is 4. The van der Waals surface area contributed by atoms with Gasteiger partial charge in [0.2, 0.25) is 5.75 Å². The third-order valence-electron chi connectivity index (χ3n) is 5.50. The third-order valence-corrected chi connectivity index (χ3v) is 6.46. The highest BCUT2D eigenvalue weighted by Gasteiger charge is 2.21. The molecule has 0 spiro atoms. The summed E-state index contributed by atoms with van der Waals surface area (Å²) in [7, 11) is 0. The van der Waals surface area contributed by atoms with Crippen molar-refractivity contribution in [2.75, 3.05) is 0 Å². The summed E-state index contributed by atoms with van der Waals surface area (Å²) in [5.41, 5.74) is 0.855. The summed E-state index contributed by atoms with van der Waals surface area (Å²) in [6, 6.07) is 14.1. The van der Waals surface area contributed by atoms with Gasteiger partial charge in [-0.15, -0.1) is 0 Å². The van der Waals surface area contributed by atoms with Crippen LogP contribution in [0.5, 0.6) is 5.75 Å².